The number of piperazine rings is 1. The van der Waals surface area contributed by atoms with Gasteiger partial charge in [-0.1, -0.05) is 0 Å². The summed E-state index contributed by atoms with van der Waals surface area (Å²) in [5.41, 5.74) is 0.195. The van der Waals surface area contributed by atoms with Gasteiger partial charge in [-0.3, -0.25) is 14.5 Å². The molecule has 0 atom stereocenters. The molecule has 1 aromatic rings. The van der Waals surface area contributed by atoms with Crippen molar-refractivity contribution >= 4 is 11.9 Å². The second-order valence-electron chi connectivity index (χ2n) is 4.85. The van der Waals surface area contributed by atoms with Crippen molar-refractivity contribution in [2.75, 3.05) is 39.8 Å². The fraction of sp³-hybridized carbons (Fsp3) is 0.429. The number of phenols is 1. The Hall–Kier alpha value is -2.28. The average Bonchev–Trinajstić information content (AvgIpc) is 2.47. The van der Waals surface area contributed by atoms with E-state index in [9.17, 15) is 14.7 Å². The van der Waals surface area contributed by atoms with E-state index in [-0.39, 0.29) is 23.8 Å². The Bertz CT molecular complexity index is 538. The molecule has 1 fully saturated rings. The topological polar surface area (TPSA) is 90.3 Å². The van der Waals surface area contributed by atoms with Crippen LogP contribution in [0.5, 0.6) is 11.5 Å². The van der Waals surface area contributed by atoms with Crippen LogP contribution < -0.4 is 4.74 Å². The fourth-order valence-corrected chi connectivity index (χ4v) is 2.28. The zero-order valence-corrected chi connectivity index (χ0v) is 11.8. The predicted molar refractivity (Wildman–Crippen MR) is 74.6 cm³/mol. The maximum absolute atomic E-state index is 12.4. The van der Waals surface area contributed by atoms with Gasteiger partial charge < -0.3 is 19.8 Å². The second-order valence-corrected chi connectivity index (χ2v) is 4.85. The van der Waals surface area contributed by atoms with Crippen molar-refractivity contribution in [1.29, 1.82) is 0 Å². The van der Waals surface area contributed by atoms with Crippen molar-refractivity contribution in [3.63, 3.8) is 0 Å². The van der Waals surface area contributed by atoms with Gasteiger partial charge in [0.1, 0.15) is 11.5 Å². The van der Waals surface area contributed by atoms with E-state index in [1.54, 1.807) is 15.9 Å². The summed E-state index contributed by atoms with van der Waals surface area (Å²) < 4.78 is 5.05. The molecule has 7 nitrogen and oxygen atoms in total. The number of carboxylic acid groups (broad SMARTS) is 1. The van der Waals surface area contributed by atoms with Gasteiger partial charge in [0, 0.05) is 26.2 Å². The van der Waals surface area contributed by atoms with Gasteiger partial charge in [-0.2, -0.15) is 0 Å². The molecule has 0 aromatic heterocycles. The summed E-state index contributed by atoms with van der Waals surface area (Å²) >= 11 is 0. The van der Waals surface area contributed by atoms with Crippen molar-refractivity contribution < 1.29 is 24.5 Å². The van der Waals surface area contributed by atoms with E-state index in [4.69, 9.17) is 9.84 Å². The lowest BCUT2D eigenvalue weighted by Crippen LogP contribution is -2.49. The molecule has 1 aromatic carbocycles. The third-order valence-electron chi connectivity index (χ3n) is 3.45. The molecule has 7 heteroatoms. The SMILES string of the molecule is COc1ccc(O)c(C(=O)N2CCN(CC(=O)O)CC2)c1. The summed E-state index contributed by atoms with van der Waals surface area (Å²) in [6, 6.07) is 4.50. The summed E-state index contributed by atoms with van der Waals surface area (Å²) in [4.78, 5) is 26.4. The quantitative estimate of drug-likeness (QED) is 0.827. The molecule has 1 aliphatic rings. The van der Waals surface area contributed by atoms with E-state index < -0.39 is 5.97 Å². The van der Waals surface area contributed by atoms with Crippen LogP contribution in [-0.2, 0) is 4.79 Å². The molecule has 1 saturated heterocycles. The van der Waals surface area contributed by atoms with Crippen molar-refractivity contribution in [2.24, 2.45) is 0 Å². The van der Waals surface area contributed by atoms with Crippen molar-refractivity contribution in [3.05, 3.63) is 23.8 Å². The van der Waals surface area contributed by atoms with Gasteiger partial charge in [0.15, 0.2) is 0 Å². The predicted octanol–water partition coefficient (Wildman–Crippen LogP) is 0.243. The van der Waals surface area contributed by atoms with Crippen LogP contribution in [-0.4, -0.2) is 71.7 Å². The van der Waals surface area contributed by atoms with Gasteiger partial charge in [-0.15, -0.1) is 0 Å². The molecule has 0 unspecified atom stereocenters. The molecule has 114 valence electrons. The molecule has 0 radical (unpaired) electrons. The number of carbonyl (C=O) groups is 2. The van der Waals surface area contributed by atoms with Gasteiger partial charge >= 0.3 is 5.97 Å². The Balaban J connectivity index is 2.03. The van der Waals surface area contributed by atoms with Crippen LogP contribution in [0.4, 0.5) is 0 Å². The maximum atomic E-state index is 12.4. The highest BCUT2D eigenvalue weighted by Crippen LogP contribution is 2.24. The molecule has 1 amide bonds. The van der Waals surface area contributed by atoms with E-state index in [1.165, 1.54) is 19.2 Å². The Morgan fingerprint density at radius 3 is 2.48 bits per heavy atom. The van der Waals surface area contributed by atoms with Crippen LogP contribution in [0.15, 0.2) is 18.2 Å². The average molecular weight is 294 g/mol. The van der Waals surface area contributed by atoms with Crippen LogP contribution in [0.3, 0.4) is 0 Å². The summed E-state index contributed by atoms with van der Waals surface area (Å²) in [5.74, 6) is -0.740. The summed E-state index contributed by atoms with van der Waals surface area (Å²) in [6.45, 7) is 1.85. The highest BCUT2D eigenvalue weighted by molar-refractivity contribution is 5.97. The number of aromatic hydroxyl groups is 1. The third-order valence-corrected chi connectivity index (χ3v) is 3.45. The first-order valence-electron chi connectivity index (χ1n) is 6.61. The minimum Gasteiger partial charge on any atom is -0.507 e. The molecule has 0 saturated carbocycles. The highest BCUT2D eigenvalue weighted by Gasteiger charge is 2.25. The Morgan fingerprint density at radius 2 is 1.90 bits per heavy atom. The van der Waals surface area contributed by atoms with E-state index in [0.717, 1.165) is 0 Å². The molecular weight excluding hydrogens is 276 g/mol. The molecule has 2 N–H and O–H groups in total. The minimum atomic E-state index is -0.875. The van der Waals surface area contributed by atoms with Crippen LogP contribution in [0.25, 0.3) is 0 Å². The maximum Gasteiger partial charge on any atom is 0.317 e. The lowest BCUT2D eigenvalue weighted by atomic mass is 10.1. The highest BCUT2D eigenvalue weighted by atomic mass is 16.5. The van der Waals surface area contributed by atoms with Crippen LogP contribution >= 0.6 is 0 Å². The minimum absolute atomic E-state index is 0.0214. The van der Waals surface area contributed by atoms with E-state index in [1.807, 2.05) is 0 Å². The lowest BCUT2D eigenvalue weighted by Gasteiger charge is -2.33. The van der Waals surface area contributed by atoms with Crippen LogP contribution in [0, 0.1) is 0 Å². The van der Waals surface area contributed by atoms with Gasteiger partial charge in [-0.05, 0) is 18.2 Å². The number of nitrogens with zero attached hydrogens (tertiary/aromatic N) is 2. The number of aliphatic carboxylic acids is 1. The molecule has 1 heterocycles. The van der Waals surface area contributed by atoms with E-state index >= 15 is 0 Å². The number of hydrogen-bond acceptors (Lipinski definition) is 5. The zero-order chi connectivity index (χ0) is 15.4. The molecule has 0 bridgehead atoms. The van der Waals surface area contributed by atoms with E-state index in [0.29, 0.717) is 31.9 Å². The summed E-state index contributed by atoms with van der Waals surface area (Å²) in [7, 11) is 1.49. The molecular formula is C14H18N2O5. The lowest BCUT2D eigenvalue weighted by molar-refractivity contribution is -0.138. The zero-order valence-electron chi connectivity index (χ0n) is 11.8. The number of carbonyl (C=O) groups excluding carboxylic acids is 1. The number of rotatable bonds is 4. The number of benzene rings is 1. The molecule has 0 aliphatic carbocycles. The van der Waals surface area contributed by atoms with Gasteiger partial charge in [0.2, 0.25) is 0 Å². The van der Waals surface area contributed by atoms with Crippen molar-refractivity contribution in [3.8, 4) is 11.5 Å². The second kappa shape index (κ2) is 6.45. The normalized spacial score (nSPS) is 15.8. The number of methoxy groups -OCH3 is 1. The number of phenolic OH excluding ortho intramolecular Hbond substituents is 1. The first-order chi connectivity index (χ1) is 10.0. The monoisotopic (exact) mass is 294 g/mol. The fourth-order valence-electron chi connectivity index (χ4n) is 2.28. The number of hydrogen-bond donors (Lipinski definition) is 2. The molecule has 21 heavy (non-hydrogen) atoms. The van der Waals surface area contributed by atoms with E-state index in [2.05, 4.69) is 0 Å². The van der Waals surface area contributed by atoms with Crippen LogP contribution in [0.2, 0.25) is 0 Å². The first-order valence-corrected chi connectivity index (χ1v) is 6.61. The summed E-state index contributed by atoms with van der Waals surface area (Å²) in [5, 5.41) is 18.6. The third kappa shape index (κ3) is 3.63. The Morgan fingerprint density at radius 1 is 1.24 bits per heavy atom. The largest absolute Gasteiger partial charge is 0.507 e. The molecule has 2 rings (SSSR count). The number of amides is 1. The molecule has 0 spiro atoms. The smallest absolute Gasteiger partial charge is 0.317 e. The standard InChI is InChI=1S/C14H18N2O5/c1-21-10-2-3-12(17)11(8-10)14(20)16-6-4-15(5-7-16)9-13(18)19/h2-3,8,17H,4-7,9H2,1H3,(H,18,19). The van der Waals surface area contributed by atoms with Crippen molar-refractivity contribution in [1.82, 2.24) is 9.80 Å². The molecule has 1 aliphatic heterocycles. The number of carboxylic acids is 1. The van der Waals surface area contributed by atoms with Crippen molar-refractivity contribution in [2.45, 2.75) is 0 Å². The van der Waals surface area contributed by atoms with Gasteiger partial charge in [0.05, 0.1) is 19.2 Å². The summed E-state index contributed by atoms with van der Waals surface area (Å²) in [6.07, 6.45) is 0. The van der Waals surface area contributed by atoms with Gasteiger partial charge in [0.25, 0.3) is 5.91 Å². The first kappa shape index (κ1) is 15.1. The van der Waals surface area contributed by atoms with Gasteiger partial charge in [-0.25, -0.2) is 0 Å². The van der Waals surface area contributed by atoms with Crippen LogP contribution in [0.1, 0.15) is 10.4 Å². The number of ether oxygens (including phenoxy) is 1. The Labute approximate surface area is 122 Å². The Kier molecular flexibility index (Phi) is 4.64.